The van der Waals surface area contributed by atoms with Gasteiger partial charge in [-0.2, -0.15) is 9.03 Å². The summed E-state index contributed by atoms with van der Waals surface area (Å²) in [6.07, 6.45) is 0. The van der Waals surface area contributed by atoms with Crippen LogP contribution >= 0.6 is 0 Å². The van der Waals surface area contributed by atoms with Gasteiger partial charge in [0, 0.05) is 31.0 Å². The summed E-state index contributed by atoms with van der Waals surface area (Å²) in [5.41, 5.74) is 1.43. The molecular formula is C19H24N10. The van der Waals surface area contributed by atoms with Gasteiger partial charge in [-0.3, -0.25) is 0 Å². The molecule has 0 bridgehead atoms. The van der Waals surface area contributed by atoms with Crippen LogP contribution in [0.2, 0.25) is 0 Å². The first kappa shape index (κ1) is 17.8. The SMILES string of the molecule is Cc1nnc2ccc(NCC3CN(c4ccc5nnc(C(C)(C)C)n5n4)C3)nn12. The molecule has 5 rings (SSSR count). The molecule has 1 aliphatic heterocycles. The Labute approximate surface area is 168 Å². The average molecular weight is 392 g/mol. The Kier molecular flexibility index (Phi) is 3.90. The predicted molar refractivity (Wildman–Crippen MR) is 109 cm³/mol. The van der Waals surface area contributed by atoms with E-state index in [1.54, 1.807) is 4.52 Å². The van der Waals surface area contributed by atoms with Crippen molar-refractivity contribution in [3.63, 3.8) is 0 Å². The van der Waals surface area contributed by atoms with Crippen molar-refractivity contribution in [2.24, 2.45) is 5.92 Å². The number of fused-ring (bicyclic) bond motifs is 2. The van der Waals surface area contributed by atoms with Gasteiger partial charge in [-0.1, -0.05) is 20.8 Å². The first-order valence-corrected chi connectivity index (χ1v) is 9.79. The maximum absolute atomic E-state index is 4.78. The number of nitrogens with zero attached hydrogens (tertiary/aromatic N) is 9. The van der Waals surface area contributed by atoms with Crippen molar-refractivity contribution in [2.45, 2.75) is 33.1 Å². The number of aromatic nitrogens is 8. The smallest absolute Gasteiger partial charge is 0.178 e. The van der Waals surface area contributed by atoms with Crippen molar-refractivity contribution in [3.8, 4) is 0 Å². The second-order valence-electron chi connectivity index (χ2n) is 8.62. The monoisotopic (exact) mass is 392 g/mol. The van der Waals surface area contributed by atoms with Crippen LogP contribution in [-0.4, -0.2) is 59.3 Å². The third-order valence-electron chi connectivity index (χ3n) is 5.19. The number of rotatable bonds is 4. The van der Waals surface area contributed by atoms with E-state index in [0.29, 0.717) is 5.92 Å². The summed E-state index contributed by atoms with van der Waals surface area (Å²) in [6.45, 7) is 11.0. The van der Waals surface area contributed by atoms with E-state index in [4.69, 9.17) is 5.10 Å². The molecule has 1 fully saturated rings. The first-order valence-electron chi connectivity index (χ1n) is 9.79. The number of aryl methyl sites for hydroxylation is 1. The molecule has 0 amide bonds. The van der Waals surface area contributed by atoms with Gasteiger partial charge < -0.3 is 10.2 Å². The molecule has 150 valence electrons. The van der Waals surface area contributed by atoms with E-state index in [-0.39, 0.29) is 5.41 Å². The highest BCUT2D eigenvalue weighted by Gasteiger charge is 2.29. The topological polar surface area (TPSA) is 101 Å². The molecule has 0 atom stereocenters. The predicted octanol–water partition coefficient (Wildman–Crippen LogP) is 1.72. The number of hydrogen-bond donors (Lipinski definition) is 1. The fraction of sp³-hybridized carbons (Fsp3) is 0.474. The number of hydrogen-bond acceptors (Lipinski definition) is 8. The van der Waals surface area contributed by atoms with Gasteiger partial charge in [0.2, 0.25) is 0 Å². The van der Waals surface area contributed by atoms with E-state index in [1.807, 2.05) is 35.7 Å². The molecule has 0 aliphatic carbocycles. The molecule has 1 aliphatic rings. The van der Waals surface area contributed by atoms with Crippen LogP contribution in [-0.2, 0) is 5.41 Å². The zero-order valence-electron chi connectivity index (χ0n) is 17.0. The molecule has 4 aromatic heterocycles. The molecule has 1 N–H and O–H groups in total. The molecule has 4 aromatic rings. The second kappa shape index (κ2) is 6.36. The van der Waals surface area contributed by atoms with Crippen LogP contribution in [0.15, 0.2) is 24.3 Å². The Morgan fingerprint density at radius 2 is 1.66 bits per heavy atom. The summed E-state index contributed by atoms with van der Waals surface area (Å²) >= 11 is 0. The normalized spacial score (nSPS) is 15.2. The summed E-state index contributed by atoms with van der Waals surface area (Å²) in [4.78, 5) is 2.28. The van der Waals surface area contributed by atoms with Crippen LogP contribution in [0.25, 0.3) is 11.3 Å². The van der Waals surface area contributed by atoms with Gasteiger partial charge >= 0.3 is 0 Å². The summed E-state index contributed by atoms with van der Waals surface area (Å²) in [6, 6.07) is 7.87. The molecule has 5 heterocycles. The lowest BCUT2D eigenvalue weighted by Crippen LogP contribution is -2.50. The zero-order chi connectivity index (χ0) is 20.2. The largest absolute Gasteiger partial charge is 0.368 e. The molecule has 10 nitrogen and oxygen atoms in total. The van der Waals surface area contributed by atoms with E-state index in [9.17, 15) is 0 Å². The van der Waals surface area contributed by atoms with Gasteiger partial charge in [-0.05, 0) is 31.2 Å². The zero-order valence-corrected chi connectivity index (χ0v) is 17.0. The summed E-state index contributed by atoms with van der Waals surface area (Å²) in [5, 5.41) is 29.4. The van der Waals surface area contributed by atoms with Crippen molar-refractivity contribution in [1.82, 2.24) is 39.6 Å². The Morgan fingerprint density at radius 1 is 0.931 bits per heavy atom. The minimum atomic E-state index is -0.107. The van der Waals surface area contributed by atoms with E-state index in [1.165, 1.54) is 0 Å². The Hall–Kier alpha value is -3.30. The van der Waals surface area contributed by atoms with Crippen molar-refractivity contribution >= 4 is 22.9 Å². The molecule has 1 saturated heterocycles. The van der Waals surface area contributed by atoms with Crippen LogP contribution in [0.1, 0.15) is 32.4 Å². The van der Waals surface area contributed by atoms with Crippen molar-refractivity contribution in [1.29, 1.82) is 0 Å². The van der Waals surface area contributed by atoms with E-state index < -0.39 is 0 Å². The first-order chi connectivity index (χ1) is 13.9. The van der Waals surface area contributed by atoms with Crippen LogP contribution in [0, 0.1) is 12.8 Å². The maximum Gasteiger partial charge on any atom is 0.178 e. The van der Waals surface area contributed by atoms with E-state index in [0.717, 1.165) is 54.2 Å². The highest BCUT2D eigenvalue weighted by atomic mass is 15.4. The summed E-state index contributed by atoms with van der Waals surface area (Å²) < 4.78 is 3.61. The van der Waals surface area contributed by atoms with E-state index >= 15 is 0 Å². The van der Waals surface area contributed by atoms with Crippen LogP contribution < -0.4 is 10.2 Å². The van der Waals surface area contributed by atoms with Gasteiger partial charge in [0.05, 0.1) is 0 Å². The average Bonchev–Trinajstić information content (AvgIpc) is 3.24. The second-order valence-corrected chi connectivity index (χ2v) is 8.62. The maximum atomic E-state index is 4.78. The van der Waals surface area contributed by atoms with Crippen molar-refractivity contribution in [3.05, 3.63) is 35.9 Å². The lowest BCUT2D eigenvalue weighted by Gasteiger charge is -2.40. The molecule has 0 radical (unpaired) electrons. The third-order valence-corrected chi connectivity index (χ3v) is 5.19. The van der Waals surface area contributed by atoms with Crippen LogP contribution in [0.4, 0.5) is 11.6 Å². The van der Waals surface area contributed by atoms with Gasteiger partial charge in [0.25, 0.3) is 0 Å². The molecule has 0 saturated carbocycles. The van der Waals surface area contributed by atoms with Gasteiger partial charge in [0.15, 0.2) is 22.9 Å². The number of nitrogens with one attached hydrogen (secondary N) is 1. The summed E-state index contributed by atoms with van der Waals surface area (Å²) in [7, 11) is 0. The quantitative estimate of drug-likeness (QED) is 0.560. The standard InChI is InChI=1S/C19H24N10/c1-12-21-22-15-6-5-14(25-28(12)15)20-9-13-10-27(11-13)17-8-7-16-23-24-18(19(2,3)4)29(16)26-17/h5-8,13H,9-11H2,1-4H3,(H,20,25). The molecular weight excluding hydrogens is 368 g/mol. The minimum absolute atomic E-state index is 0.107. The Bertz CT molecular complexity index is 1180. The van der Waals surface area contributed by atoms with Gasteiger partial charge in [0.1, 0.15) is 11.6 Å². The highest BCUT2D eigenvalue weighted by Crippen LogP contribution is 2.25. The summed E-state index contributed by atoms with van der Waals surface area (Å²) in [5.74, 6) is 3.98. The van der Waals surface area contributed by atoms with Gasteiger partial charge in [-0.25, -0.2) is 0 Å². The van der Waals surface area contributed by atoms with Gasteiger partial charge in [-0.15, -0.1) is 30.6 Å². The minimum Gasteiger partial charge on any atom is -0.368 e. The fourth-order valence-electron chi connectivity index (χ4n) is 3.54. The molecule has 29 heavy (non-hydrogen) atoms. The lowest BCUT2D eigenvalue weighted by atomic mass is 9.96. The van der Waals surface area contributed by atoms with Crippen LogP contribution in [0.3, 0.4) is 0 Å². The Balaban J connectivity index is 1.24. The third kappa shape index (κ3) is 3.14. The Morgan fingerprint density at radius 3 is 2.45 bits per heavy atom. The molecule has 10 heteroatoms. The molecule has 0 unspecified atom stereocenters. The molecule has 0 aromatic carbocycles. The highest BCUT2D eigenvalue weighted by molar-refractivity contribution is 5.48. The molecule has 0 spiro atoms. The van der Waals surface area contributed by atoms with Crippen LogP contribution in [0.5, 0.6) is 0 Å². The lowest BCUT2D eigenvalue weighted by molar-refractivity contribution is 0.423. The number of anilines is 2. The van der Waals surface area contributed by atoms with E-state index in [2.05, 4.69) is 56.5 Å². The van der Waals surface area contributed by atoms with Crippen molar-refractivity contribution < 1.29 is 0 Å². The van der Waals surface area contributed by atoms with Crippen molar-refractivity contribution in [2.75, 3.05) is 29.9 Å². The fourth-order valence-corrected chi connectivity index (χ4v) is 3.54.